The average molecular weight is 413 g/mol. The number of nitro benzene ring substituents is 1. The second kappa shape index (κ2) is 6.43. The number of carbonyl (C=O) groups is 1. The number of hydrogen-bond donors (Lipinski definition) is 0. The molecule has 0 unspecified atom stereocenters. The van der Waals surface area contributed by atoms with Crippen LogP contribution in [0.4, 0.5) is 11.4 Å². The number of para-hydroxylation sites is 1. The van der Waals surface area contributed by atoms with Gasteiger partial charge in [0.05, 0.1) is 21.2 Å². The number of fused-ring (bicyclic) bond motifs is 2. The summed E-state index contributed by atoms with van der Waals surface area (Å²) in [6, 6.07) is 12.2. The highest BCUT2D eigenvalue weighted by molar-refractivity contribution is 7.21. The topological polar surface area (TPSA) is 63.5 Å². The highest BCUT2D eigenvalue weighted by Crippen LogP contribution is 2.43. The number of hydrogen-bond acceptors (Lipinski definition) is 4. The predicted octanol–water partition coefficient (Wildman–Crippen LogP) is 6.31. The summed E-state index contributed by atoms with van der Waals surface area (Å²) in [5.74, 6) is -0.213. The molecule has 28 heavy (non-hydrogen) atoms. The number of nitro groups is 1. The van der Waals surface area contributed by atoms with Crippen molar-refractivity contribution in [2.45, 2.75) is 26.3 Å². The van der Waals surface area contributed by atoms with Gasteiger partial charge in [-0.05, 0) is 38.5 Å². The zero-order valence-electron chi connectivity index (χ0n) is 15.5. The van der Waals surface area contributed by atoms with Crippen LogP contribution in [-0.2, 0) is 0 Å². The van der Waals surface area contributed by atoms with E-state index in [4.69, 9.17) is 11.6 Å². The molecule has 3 aromatic rings. The first-order chi connectivity index (χ1) is 13.2. The molecule has 1 aromatic heterocycles. The zero-order chi connectivity index (χ0) is 20.2. The Labute approximate surface area is 171 Å². The van der Waals surface area contributed by atoms with Gasteiger partial charge in [-0.15, -0.1) is 11.3 Å². The van der Waals surface area contributed by atoms with Crippen molar-refractivity contribution in [2.75, 3.05) is 4.90 Å². The van der Waals surface area contributed by atoms with Crippen LogP contribution in [0.5, 0.6) is 0 Å². The van der Waals surface area contributed by atoms with Gasteiger partial charge in [0.1, 0.15) is 4.88 Å². The maximum Gasteiger partial charge on any atom is 0.270 e. The minimum Gasteiger partial charge on any atom is -0.298 e. The van der Waals surface area contributed by atoms with Crippen molar-refractivity contribution in [1.29, 1.82) is 0 Å². The van der Waals surface area contributed by atoms with Crippen LogP contribution in [0.2, 0.25) is 5.02 Å². The number of benzene rings is 2. The van der Waals surface area contributed by atoms with Crippen molar-refractivity contribution >= 4 is 55.9 Å². The number of anilines is 1. The summed E-state index contributed by atoms with van der Waals surface area (Å²) < 4.78 is 0.623. The third-order valence-electron chi connectivity index (χ3n) is 4.94. The highest BCUT2D eigenvalue weighted by atomic mass is 35.5. The van der Waals surface area contributed by atoms with Crippen molar-refractivity contribution in [3.05, 3.63) is 74.1 Å². The van der Waals surface area contributed by atoms with Gasteiger partial charge in [0.2, 0.25) is 0 Å². The normalized spacial score (nSPS) is 15.3. The molecule has 5 nitrogen and oxygen atoms in total. The van der Waals surface area contributed by atoms with E-state index >= 15 is 0 Å². The summed E-state index contributed by atoms with van der Waals surface area (Å²) in [6.07, 6.45) is 2.07. The molecular formula is C21H17ClN2O3S. The molecule has 2 aromatic carbocycles. The van der Waals surface area contributed by atoms with Gasteiger partial charge in [-0.1, -0.05) is 35.9 Å². The fourth-order valence-corrected chi connectivity index (χ4v) is 5.24. The van der Waals surface area contributed by atoms with Crippen LogP contribution in [0.1, 0.15) is 36.0 Å². The van der Waals surface area contributed by atoms with Crippen molar-refractivity contribution in [3.8, 4) is 0 Å². The molecule has 0 spiro atoms. The van der Waals surface area contributed by atoms with E-state index < -0.39 is 10.5 Å². The molecule has 1 amide bonds. The summed E-state index contributed by atoms with van der Waals surface area (Å²) in [6.45, 7) is 6.00. The lowest BCUT2D eigenvalue weighted by atomic mass is 9.88. The molecule has 0 radical (unpaired) electrons. The number of halogens is 1. The number of thiophene rings is 1. The maximum atomic E-state index is 13.6. The van der Waals surface area contributed by atoms with E-state index in [2.05, 4.69) is 6.08 Å². The second-order valence-electron chi connectivity index (χ2n) is 7.32. The third-order valence-corrected chi connectivity index (χ3v) is 6.58. The standard InChI is InChI=1S/C21H17ClN2O3S/c1-12-11-21(2,3)23(16-7-5-4-6-14(12)16)20(25)19-18(22)15-9-8-13(24(26)27)10-17(15)28-19/h4-11H,1-3H3. The van der Waals surface area contributed by atoms with E-state index in [1.54, 1.807) is 11.0 Å². The average Bonchev–Trinajstić information content (AvgIpc) is 2.97. The van der Waals surface area contributed by atoms with Crippen LogP contribution in [0.25, 0.3) is 15.7 Å². The van der Waals surface area contributed by atoms with Gasteiger partial charge in [-0.2, -0.15) is 0 Å². The molecule has 7 heteroatoms. The first kappa shape index (κ1) is 18.7. The molecule has 0 N–H and O–H groups in total. The number of non-ortho nitro benzene ring substituents is 1. The quantitative estimate of drug-likeness (QED) is 0.366. The van der Waals surface area contributed by atoms with Crippen LogP contribution in [0.15, 0.2) is 48.5 Å². The van der Waals surface area contributed by atoms with Gasteiger partial charge in [0.15, 0.2) is 0 Å². The lowest BCUT2D eigenvalue weighted by Gasteiger charge is -2.41. The Morgan fingerprint density at radius 1 is 1.21 bits per heavy atom. The highest BCUT2D eigenvalue weighted by Gasteiger charge is 2.37. The summed E-state index contributed by atoms with van der Waals surface area (Å²) in [7, 11) is 0. The third kappa shape index (κ3) is 2.80. The lowest BCUT2D eigenvalue weighted by molar-refractivity contribution is -0.384. The summed E-state index contributed by atoms with van der Waals surface area (Å²) in [5.41, 5.74) is 2.38. The lowest BCUT2D eigenvalue weighted by Crippen LogP contribution is -2.48. The van der Waals surface area contributed by atoms with Crippen molar-refractivity contribution < 1.29 is 9.72 Å². The molecule has 0 saturated heterocycles. The number of amides is 1. The van der Waals surface area contributed by atoms with Gasteiger partial charge < -0.3 is 0 Å². The van der Waals surface area contributed by atoms with E-state index in [0.717, 1.165) is 16.8 Å². The Bertz CT molecular complexity index is 1180. The monoisotopic (exact) mass is 412 g/mol. The number of allylic oxidation sites excluding steroid dienone is 1. The molecule has 0 saturated carbocycles. The van der Waals surface area contributed by atoms with Gasteiger partial charge >= 0.3 is 0 Å². The van der Waals surface area contributed by atoms with E-state index in [0.29, 0.717) is 20.0 Å². The Hall–Kier alpha value is -2.70. The van der Waals surface area contributed by atoms with Crippen LogP contribution >= 0.6 is 22.9 Å². The van der Waals surface area contributed by atoms with Crippen molar-refractivity contribution in [3.63, 3.8) is 0 Å². The first-order valence-corrected chi connectivity index (χ1v) is 9.90. The SMILES string of the molecule is CC1=CC(C)(C)N(C(=O)c2sc3cc([N+](=O)[O-])ccc3c2Cl)c2ccccc21. The number of rotatable bonds is 2. The molecule has 0 bridgehead atoms. The molecule has 0 aliphatic carbocycles. The van der Waals surface area contributed by atoms with E-state index in [1.807, 2.05) is 45.0 Å². The van der Waals surface area contributed by atoms with E-state index in [-0.39, 0.29) is 11.6 Å². The van der Waals surface area contributed by atoms with Crippen molar-refractivity contribution in [2.24, 2.45) is 0 Å². The summed E-state index contributed by atoms with van der Waals surface area (Å²) in [4.78, 5) is 26.3. The number of carbonyl (C=O) groups excluding carboxylic acids is 1. The second-order valence-corrected chi connectivity index (χ2v) is 8.75. The first-order valence-electron chi connectivity index (χ1n) is 8.70. The van der Waals surface area contributed by atoms with Crippen LogP contribution < -0.4 is 4.90 Å². The molecule has 1 aliphatic heterocycles. The summed E-state index contributed by atoms with van der Waals surface area (Å²) in [5, 5.41) is 12.0. The molecule has 1 aliphatic rings. The van der Waals surface area contributed by atoms with Crippen molar-refractivity contribution in [1.82, 2.24) is 0 Å². The Morgan fingerprint density at radius 3 is 2.64 bits per heavy atom. The maximum absolute atomic E-state index is 13.6. The molecule has 0 fully saturated rings. The van der Waals surface area contributed by atoms with Crippen LogP contribution in [-0.4, -0.2) is 16.4 Å². The van der Waals surface area contributed by atoms with Gasteiger partial charge in [-0.25, -0.2) is 0 Å². The molecule has 2 heterocycles. The largest absolute Gasteiger partial charge is 0.298 e. The molecule has 142 valence electrons. The molecular weight excluding hydrogens is 396 g/mol. The molecule has 4 rings (SSSR count). The Morgan fingerprint density at radius 2 is 1.93 bits per heavy atom. The minimum atomic E-state index is -0.541. The fraction of sp³-hybridized carbons (Fsp3) is 0.190. The Balaban J connectivity index is 1.87. The van der Waals surface area contributed by atoms with E-state index in [1.165, 1.54) is 23.5 Å². The van der Waals surface area contributed by atoms with Crippen LogP contribution in [0, 0.1) is 10.1 Å². The van der Waals surface area contributed by atoms with Crippen LogP contribution in [0.3, 0.4) is 0 Å². The van der Waals surface area contributed by atoms with Gasteiger partial charge in [-0.3, -0.25) is 19.8 Å². The Kier molecular flexibility index (Phi) is 4.28. The number of nitrogens with zero attached hydrogens (tertiary/aromatic N) is 2. The van der Waals surface area contributed by atoms with E-state index in [9.17, 15) is 14.9 Å². The minimum absolute atomic E-state index is 0.0216. The van der Waals surface area contributed by atoms with Gasteiger partial charge in [0.25, 0.3) is 11.6 Å². The van der Waals surface area contributed by atoms with Gasteiger partial charge in [0, 0.05) is 27.8 Å². The molecule has 0 atom stereocenters. The fourth-order valence-electron chi connectivity index (χ4n) is 3.76. The predicted molar refractivity (Wildman–Crippen MR) is 114 cm³/mol. The zero-order valence-corrected chi connectivity index (χ0v) is 17.1. The smallest absolute Gasteiger partial charge is 0.270 e. The summed E-state index contributed by atoms with van der Waals surface area (Å²) >= 11 is 7.71.